The average molecular weight is 370 g/mol. The van der Waals surface area contributed by atoms with Crippen LogP contribution in [0.5, 0.6) is 0 Å². The Morgan fingerprint density at radius 1 is 0.963 bits per heavy atom. The summed E-state index contributed by atoms with van der Waals surface area (Å²) in [6, 6.07) is 14.0. The molecule has 0 atom stereocenters. The van der Waals surface area contributed by atoms with Crippen molar-refractivity contribution in [1.82, 2.24) is 16.0 Å². The summed E-state index contributed by atoms with van der Waals surface area (Å²) in [4.78, 5) is 16.5. The molecule has 2 aromatic carbocycles. The van der Waals surface area contributed by atoms with Gasteiger partial charge in [-0.3, -0.25) is 4.79 Å². The van der Waals surface area contributed by atoms with Gasteiger partial charge in [0.1, 0.15) is 5.82 Å². The highest BCUT2D eigenvalue weighted by molar-refractivity contribution is 5.94. The monoisotopic (exact) mass is 370 g/mol. The lowest BCUT2D eigenvalue weighted by molar-refractivity contribution is 0.0955. The molecule has 0 radical (unpaired) electrons. The van der Waals surface area contributed by atoms with E-state index < -0.39 is 0 Å². The highest BCUT2D eigenvalue weighted by Crippen LogP contribution is 2.07. The molecule has 0 heterocycles. The van der Waals surface area contributed by atoms with Gasteiger partial charge in [0.2, 0.25) is 0 Å². The minimum atomic E-state index is -0.226. The molecule has 144 valence electrons. The van der Waals surface area contributed by atoms with Gasteiger partial charge in [0.05, 0.1) is 6.54 Å². The van der Waals surface area contributed by atoms with Crippen molar-refractivity contribution in [1.29, 1.82) is 0 Å². The molecule has 1 amide bonds. The van der Waals surface area contributed by atoms with Gasteiger partial charge in [-0.1, -0.05) is 24.3 Å². The second-order valence-electron chi connectivity index (χ2n) is 6.06. The Morgan fingerprint density at radius 3 is 2.41 bits per heavy atom. The van der Waals surface area contributed by atoms with Crippen molar-refractivity contribution in [3.8, 4) is 0 Å². The average Bonchev–Trinajstić information content (AvgIpc) is 2.68. The number of nitrogens with zero attached hydrogens (tertiary/aromatic N) is 1. The standard InChI is InChI=1S/C21H27FN4O/c1-3-23-20(27)18-7-5-6-17(14-18)15-26-21(24-4-2)25-13-12-16-8-10-19(22)11-9-16/h5-11,14H,3-4,12-13,15H2,1-2H3,(H,23,27)(H2,24,25,26). The summed E-state index contributed by atoms with van der Waals surface area (Å²) in [5.41, 5.74) is 2.67. The van der Waals surface area contributed by atoms with E-state index in [9.17, 15) is 9.18 Å². The largest absolute Gasteiger partial charge is 0.357 e. The first-order valence-electron chi connectivity index (χ1n) is 9.26. The third-order valence-corrected chi connectivity index (χ3v) is 3.91. The van der Waals surface area contributed by atoms with E-state index in [1.54, 1.807) is 18.2 Å². The van der Waals surface area contributed by atoms with Gasteiger partial charge in [0.25, 0.3) is 5.91 Å². The van der Waals surface area contributed by atoms with Gasteiger partial charge in [-0.2, -0.15) is 0 Å². The summed E-state index contributed by atoms with van der Waals surface area (Å²) >= 11 is 0. The highest BCUT2D eigenvalue weighted by atomic mass is 19.1. The SMILES string of the molecule is CCNC(=O)c1cccc(CN=C(NCC)NCCc2ccc(F)cc2)c1. The Kier molecular flexibility index (Phi) is 8.29. The second-order valence-corrected chi connectivity index (χ2v) is 6.06. The molecule has 6 heteroatoms. The van der Waals surface area contributed by atoms with E-state index in [4.69, 9.17) is 0 Å². The van der Waals surface area contributed by atoms with Crippen molar-refractivity contribution in [2.75, 3.05) is 19.6 Å². The fraction of sp³-hybridized carbons (Fsp3) is 0.333. The molecule has 0 aliphatic carbocycles. The number of benzene rings is 2. The zero-order valence-electron chi connectivity index (χ0n) is 15.9. The predicted molar refractivity (Wildman–Crippen MR) is 107 cm³/mol. The number of rotatable bonds is 8. The zero-order valence-corrected chi connectivity index (χ0v) is 15.9. The van der Waals surface area contributed by atoms with Crippen molar-refractivity contribution in [3.05, 3.63) is 71.0 Å². The predicted octanol–water partition coefficient (Wildman–Crippen LogP) is 2.87. The number of halogens is 1. The molecule has 2 aromatic rings. The van der Waals surface area contributed by atoms with E-state index >= 15 is 0 Å². The van der Waals surface area contributed by atoms with Gasteiger partial charge in [-0.15, -0.1) is 0 Å². The number of aliphatic imine (C=N–C) groups is 1. The number of hydrogen-bond acceptors (Lipinski definition) is 2. The topological polar surface area (TPSA) is 65.5 Å². The first-order chi connectivity index (χ1) is 13.1. The fourth-order valence-corrected chi connectivity index (χ4v) is 2.56. The minimum absolute atomic E-state index is 0.0762. The Morgan fingerprint density at radius 2 is 1.70 bits per heavy atom. The molecular weight excluding hydrogens is 343 g/mol. The van der Waals surface area contributed by atoms with E-state index in [0.717, 1.165) is 24.1 Å². The van der Waals surface area contributed by atoms with Gasteiger partial charge in [0.15, 0.2) is 5.96 Å². The summed E-state index contributed by atoms with van der Waals surface area (Å²) < 4.78 is 13.0. The van der Waals surface area contributed by atoms with Crippen LogP contribution in [0.2, 0.25) is 0 Å². The van der Waals surface area contributed by atoms with Crippen molar-refractivity contribution < 1.29 is 9.18 Å². The number of guanidine groups is 1. The van der Waals surface area contributed by atoms with Crippen LogP contribution in [-0.4, -0.2) is 31.5 Å². The minimum Gasteiger partial charge on any atom is -0.357 e. The maximum absolute atomic E-state index is 13.0. The van der Waals surface area contributed by atoms with Crippen LogP contribution < -0.4 is 16.0 Å². The number of nitrogens with one attached hydrogen (secondary N) is 3. The van der Waals surface area contributed by atoms with E-state index in [0.29, 0.717) is 31.2 Å². The number of hydrogen-bond donors (Lipinski definition) is 3. The maximum atomic E-state index is 13.0. The summed E-state index contributed by atoms with van der Waals surface area (Å²) in [5, 5.41) is 9.28. The molecule has 0 bridgehead atoms. The second kappa shape index (κ2) is 11.0. The molecule has 0 unspecified atom stereocenters. The fourth-order valence-electron chi connectivity index (χ4n) is 2.56. The Bertz CT molecular complexity index is 759. The van der Waals surface area contributed by atoms with Crippen molar-refractivity contribution in [2.45, 2.75) is 26.8 Å². The lowest BCUT2D eigenvalue weighted by Gasteiger charge is -2.11. The van der Waals surface area contributed by atoms with E-state index in [-0.39, 0.29) is 11.7 Å². The van der Waals surface area contributed by atoms with Crippen LogP contribution in [0.4, 0.5) is 4.39 Å². The van der Waals surface area contributed by atoms with Crippen LogP contribution in [0, 0.1) is 5.82 Å². The summed E-state index contributed by atoms with van der Waals surface area (Å²) in [7, 11) is 0. The van der Waals surface area contributed by atoms with Crippen LogP contribution in [0.15, 0.2) is 53.5 Å². The van der Waals surface area contributed by atoms with E-state index in [1.807, 2.05) is 32.0 Å². The normalized spacial score (nSPS) is 11.1. The molecule has 27 heavy (non-hydrogen) atoms. The van der Waals surface area contributed by atoms with Crippen LogP contribution >= 0.6 is 0 Å². The molecule has 0 aliphatic rings. The number of carbonyl (C=O) groups excluding carboxylic acids is 1. The first kappa shape index (κ1) is 20.4. The van der Waals surface area contributed by atoms with E-state index in [1.165, 1.54) is 12.1 Å². The number of amides is 1. The molecule has 2 rings (SSSR count). The van der Waals surface area contributed by atoms with Crippen LogP contribution in [0.1, 0.15) is 35.3 Å². The summed E-state index contributed by atoms with van der Waals surface area (Å²) in [6.07, 6.45) is 0.775. The van der Waals surface area contributed by atoms with Crippen LogP contribution in [-0.2, 0) is 13.0 Å². The van der Waals surface area contributed by atoms with Gasteiger partial charge in [-0.25, -0.2) is 9.38 Å². The van der Waals surface area contributed by atoms with Crippen molar-refractivity contribution in [3.63, 3.8) is 0 Å². The molecule has 0 saturated heterocycles. The molecule has 0 fully saturated rings. The van der Waals surface area contributed by atoms with Crippen LogP contribution in [0.25, 0.3) is 0 Å². The molecule has 0 saturated carbocycles. The molecular formula is C21H27FN4O. The number of carbonyl (C=O) groups is 1. The van der Waals surface area contributed by atoms with Crippen molar-refractivity contribution >= 4 is 11.9 Å². The lowest BCUT2D eigenvalue weighted by Crippen LogP contribution is -2.38. The van der Waals surface area contributed by atoms with Gasteiger partial charge in [0, 0.05) is 25.2 Å². The Hall–Kier alpha value is -2.89. The molecule has 0 aliphatic heterocycles. The lowest BCUT2D eigenvalue weighted by atomic mass is 10.1. The summed E-state index contributed by atoms with van der Waals surface area (Å²) in [5.74, 6) is 0.409. The Labute approximate surface area is 160 Å². The van der Waals surface area contributed by atoms with Gasteiger partial charge in [-0.05, 0) is 55.7 Å². The zero-order chi connectivity index (χ0) is 19.5. The quantitative estimate of drug-likeness (QED) is 0.494. The maximum Gasteiger partial charge on any atom is 0.251 e. The van der Waals surface area contributed by atoms with E-state index in [2.05, 4.69) is 20.9 Å². The third-order valence-electron chi connectivity index (χ3n) is 3.91. The first-order valence-corrected chi connectivity index (χ1v) is 9.26. The summed E-state index contributed by atoms with van der Waals surface area (Å²) in [6.45, 7) is 6.42. The molecule has 0 aromatic heterocycles. The van der Waals surface area contributed by atoms with Gasteiger partial charge >= 0.3 is 0 Å². The van der Waals surface area contributed by atoms with Crippen LogP contribution in [0.3, 0.4) is 0 Å². The van der Waals surface area contributed by atoms with Gasteiger partial charge < -0.3 is 16.0 Å². The molecule has 5 nitrogen and oxygen atoms in total. The Balaban J connectivity index is 1.93. The molecule has 0 spiro atoms. The third kappa shape index (κ3) is 7.09. The van der Waals surface area contributed by atoms with Crippen molar-refractivity contribution in [2.24, 2.45) is 4.99 Å². The highest BCUT2D eigenvalue weighted by Gasteiger charge is 2.05. The molecule has 3 N–H and O–H groups in total. The smallest absolute Gasteiger partial charge is 0.251 e.